The van der Waals surface area contributed by atoms with E-state index >= 15 is 0 Å². The molecule has 8 heteroatoms. The van der Waals surface area contributed by atoms with Crippen molar-refractivity contribution in [3.63, 3.8) is 0 Å². The average molecular weight is 409 g/mol. The number of benzene rings is 2. The van der Waals surface area contributed by atoms with Gasteiger partial charge in [-0.2, -0.15) is 5.10 Å². The van der Waals surface area contributed by atoms with Gasteiger partial charge in [0.15, 0.2) is 18.1 Å². The van der Waals surface area contributed by atoms with E-state index < -0.39 is 18.5 Å². The second-order valence-electron chi connectivity index (χ2n) is 6.77. The first-order valence-corrected chi connectivity index (χ1v) is 9.28. The van der Waals surface area contributed by atoms with E-state index in [4.69, 9.17) is 9.47 Å². The molecule has 0 aliphatic heterocycles. The lowest BCUT2D eigenvalue weighted by atomic mass is 10.2. The van der Waals surface area contributed by atoms with Crippen LogP contribution in [0.1, 0.15) is 27.3 Å². The number of phenolic OH excluding ortho intramolecular Hbond substituents is 1. The first-order valence-electron chi connectivity index (χ1n) is 9.28. The summed E-state index contributed by atoms with van der Waals surface area (Å²) in [4.78, 5) is 24.5. The molecule has 30 heavy (non-hydrogen) atoms. The quantitative estimate of drug-likeness (QED) is 0.606. The van der Waals surface area contributed by atoms with Crippen LogP contribution in [0, 0.1) is 20.8 Å². The van der Waals surface area contributed by atoms with E-state index in [-0.39, 0.29) is 17.1 Å². The van der Waals surface area contributed by atoms with Gasteiger partial charge in [-0.15, -0.1) is 0 Å². The van der Waals surface area contributed by atoms with Crippen molar-refractivity contribution in [2.24, 2.45) is 0 Å². The summed E-state index contributed by atoms with van der Waals surface area (Å²) in [5.41, 5.74) is 3.88. The highest BCUT2D eigenvalue weighted by molar-refractivity contribution is 5.97. The number of aromatic hydroxyl groups is 1. The Balaban J connectivity index is 1.68. The van der Waals surface area contributed by atoms with E-state index in [9.17, 15) is 14.7 Å². The summed E-state index contributed by atoms with van der Waals surface area (Å²) in [6, 6.07) is 12.3. The molecule has 0 saturated heterocycles. The van der Waals surface area contributed by atoms with Gasteiger partial charge < -0.3 is 19.9 Å². The number of rotatable bonds is 6. The molecule has 1 heterocycles. The maximum absolute atomic E-state index is 12.3. The highest BCUT2D eigenvalue weighted by Gasteiger charge is 2.19. The molecular weight excluding hydrogens is 386 g/mol. The van der Waals surface area contributed by atoms with Crippen molar-refractivity contribution in [3.05, 3.63) is 65.0 Å². The predicted molar refractivity (Wildman–Crippen MR) is 111 cm³/mol. The molecule has 0 aliphatic carbocycles. The lowest BCUT2D eigenvalue weighted by Gasteiger charge is -2.10. The minimum atomic E-state index is -0.828. The molecule has 3 aromatic rings. The van der Waals surface area contributed by atoms with Crippen molar-refractivity contribution in [3.8, 4) is 17.2 Å². The van der Waals surface area contributed by atoms with Gasteiger partial charge in [-0.3, -0.25) is 4.79 Å². The molecule has 3 rings (SSSR count). The maximum atomic E-state index is 12.3. The number of phenols is 1. The molecule has 0 saturated carbocycles. The molecule has 0 fully saturated rings. The number of anilines is 1. The lowest BCUT2D eigenvalue weighted by molar-refractivity contribution is -0.119. The van der Waals surface area contributed by atoms with Crippen LogP contribution in [0.4, 0.5) is 5.69 Å². The van der Waals surface area contributed by atoms with Crippen LogP contribution in [-0.4, -0.2) is 40.5 Å². The van der Waals surface area contributed by atoms with Crippen LogP contribution >= 0.6 is 0 Å². The molecule has 0 spiro atoms. The molecule has 0 aliphatic rings. The van der Waals surface area contributed by atoms with Gasteiger partial charge in [0.25, 0.3) is 5.91 Å². The summed E-state index contributed by atoms with van der Waals surface area (Å²) in [5.74, 6) is -1.54. The number of ether oxygens (including phenoxy) is 2. The van der Waals surface area contributed by atoms with Crippen LogP contribution in [0.3, 0.4) is 0 Å². The minimum Gasteiger partial charge on any atom is -0.504 e. The Hall–Kier alpha value is -3.81. The van der Waals surface area contributed by atoms with Crippen LogP contribution in [-0.2, 0) is 9.53 Å². The van der Waals surface area contributed by atoms with E-state index in [0.29, 0.717) is 11.4 Å². The molecule has 156 valence electrons. The van der Waals surface area contributed by atoms with E-state index in [2.05, 4.69) is 10.4 Å². The third-order valence-electron chi connectivity index (χ3n) is 4.61. The fourth-order valence-corrected chi connectivity index (χ4v) is 3.00. The summed E-state index contributed by atoms with van der Waals surface area (Å²) >= 11 is 0. The van der Waals surface area contributed by atoms with E-state index in [0.717, 1.165) is 16.9 Å². The molecular formula is C22H23N3O5. The Bertz CT molecular complexity index is 1090. The van der Waals surface area contributed by atoms with E-state index in [1.54, 1.807) is 17.7 Å². The fourth-order valence-electron chi connectivity index (χ4n) is 3.00. The highest BCUT2D eigenvalue weighted by Crippen LogP contribution is 2.29. The van der Waals surface area contributed by atoms with Gasteiger partial charge in [0, 0.05) is 0 Å². The van der Waals surface area contributed by atoms with Crippen molar-refractivity contribution in [1.82, 2.24) is 9.78 Å². The standard InChI is InChI=1S/C22H23N3O5/c1-13-8-10-16(11-9-13)25-15(3)20(14(2)24-25)23-19(26)12-30-22(28)17-6-5-7-18(29-4)21(17)27/h5-11,27H,12H2,1-4H3,(H,23,26). The van der Waals surface area contributed by atoms with Gasteiger partial charge in [0.05, 0.1) is 29.9 Å². The second kappa shape index (κ2) is 8.69. The monoisotopic (exact) mass is 409 g/mol. The number of para-hydroxylation sites is 1. The molecule has 8 nitrogen and oxygen atoms in total. The number of carbonyl (C=O) groups is 2. The summed E-state index contributed by atoms with van der Waals surface area (Å²) in [5, 5.41) is 17.2. The molecule has 1 amide bonds. The topological polar surface area (TPSA) is 103 Å². The molecule has 2 aromatic carbocycles. The number of methoxy groups -OCH3 is 1. The Labute approximate surface area is 174 Å². The normalized spacial score (nSPS) is 10.5. The number of hydrogen-bond acceptors (Lipinski definition) is 6. The zero-order chi connectivity index (χ0) is 21.8. The van der Waals surface area contributed by atoms with Crippen LogP contribution in [0.5, 0.6) is 11.5 Å². The van der Waals surface area contributed by atoms with Gasteiger partial charge >= 0.3 is 5.97 Å². The van der Waals surface area contributed by atoms with E-state index in [1.165, 1.54) is 19.2 Å². The number of nitrogens with zero attached hydrogens (tertiary/aromatic N) is 2. The number of aryl methyl sites for hydroxylation is 2. The summed E-state index contributed by atoms with van der Waals surface area (Å²) in [6.07, 6.45) is 0. The van der Waals surface area contributed by atoms with Gasteiger partial charge in [-0.05, 0) is 45.0 Å². The first kappa shape index (κ1) is 20.9. The lowest BCUT2D eigenvalue weighted by Crippen LogP contribution is -2.21. The average Bonchev–Trinajstić information content (AvgIpc) is 3.01. The first-order chi connectivity index (χ1) is 14.3. The summed E-state index contributed by atoms with van der Waals surface area (Å²) in [7, 11) is 1.37. The number of aromatic nitrogens is 2. The van der Waals surface area contributed by atoms with E-state index in [1.807, 2.05) is 38.1 Å². The minimum absolute atomic E-state index is 0.0818. The fraction of sp³-hybridized carbons (Fsp3) is 0.227. The Morgan fingerprint density at radius 3 is 2.47 bits per heavy atom. The molecule has 0 unspecified atom stereocenters. The second-order valence-corrected chi connectivity index (χ2v) is 6.77. The Morgan fingerprint density at radius 2 is 1.80 bits per heavy atom. The summed E-state index contributed by atoms with van der Waals surface area (Å²) < 4.78 is 11.7. The number of esters is 1. The van der Waals surface area contributed by atoms with Crippen LogP contribution < -0.4 is 10.1 Å². The SMILES string of the molecule is COc1cccc(C(=O)OCC(=O)Nc2c(C)nn(-c3ccc(C)cc3)c2C)c1O. The third kappa shape index (κ3) is 4.27. The number of amides is 1. The van der Waals surface area contributed by atoms with Crippen LogP contribution in [0.15, 0.2) is 42.5 Å². The van der Waals surface area contributed by atoms with Gasteiger partial charge in [0.2, 0.25) is 0 Å². The van der Waals surface area contributed by atoms with Crippen molar-refractivity contribution in [2.75, 3.05) is 19.0 Å². The van der Waals surface area contributed by atoms with Crippen LogP contribution in [0.25, 0.3) is 5.69 Å². The molecule has 0 radical (unpaired) electrons. The predicted octanol–water partition coefficient (Wildman–Crippen LogP) is 3.31. The highest BCUT2D eigenvalue weighted by atomic mass is 16.5. The molecule has 0 atom stereocenters. The number of carbonyl (C=O) groups excluding carboxylic acids is 2. The smallest absolute Gasteiger partial charge is 0.342 e. The molecule has 2 N–H and O–H groups in total. The zero-order valence-electron chi connectivity index (χ0n) is 17.2. The molecule has 1 aromatic heterocycles. The van der Waals surface area contributed by atoms with Gasteiger partial charge in [-0.1, -0.05) is 23.8 Å². The third-order valence-corrected chi connectivity index (χ3v) is 4.61. The number of nitrogens with one attached hydrogen (secondary N) is 1. The summed E-state index contributed by atoms with van der Waals surface area (Å²) in [6.45, 7) is 5.12. The van der Waals surface area contributed by atoms with Crippen molar-refractivity contribution < 1.29 is 24.2 Å². The Kier molecular flexibility index (Phi) is 6.06. The number of hydrogen-bond donors (Lipinski definition) is 2. The largest absolute Gasteiger partial charge is 0.504 e. The van der Waals surface area contributed by atoms with Crippen molar-refractivity contribution in [2.45, 2.75) is 20.8 Å². The Morgan fingerprint density at radius 1 is 1.10 bits per heavy atom. The maximum Gasteiger partial charge on any atom is 0.342 e. The van der Waals surface area contributed by atoms with Crippen LogP contribution in [0.2, 0.25) is 0 Å². The van der Waals surface area contributed by atoms with Gasteiger partial charge in [-0.25, -0.2) is 9.48 Å². The zero-order valence-corrected chi connectivity index (χ0v) is 17.2. The van der Waals surface area contributed by atoms with Crippen molar-refractivity contribution >= 4 is 17.6 Å². The molecule has 0 bridgehead atoms. The van der Waals surface area contributed by atoms with Gasteiger partial charge in [0.1, 0.15) is 5.56 Å². The van der Waals surface area contributed by atoms with Crippen molar-refractivity contribution in [1.29, 1.82) is 0 Å².